The van der Waals surface area contributed by atoms with Gasteiger partial charge in [0.15, 0.2) is 0 Å². The molecule has 15 heavy (non-hydrogen) atoms. The molecule has 1 aromatic heterocycles. The molecule has 0 saturated heterocycles. The average molecular weight is 221 g/mol. The zero-order valence-corrected chi connectivity index (χ0v) is 9.57. The molecule has 2 aromatic rings. The lowest BCUT2D eigenvalue weighted by molar-refractivity contribution is 0.752. The largest absolute Gasteiger partial charge is 0.302 e. The summed E-state index contributed by atoms with van der Waals surface area (Å²) in [7, 11) is 0. The Kier molecular flexibility index (Phi) is 2.78. The first-order valence-corrected chi connectivity index (χ1v) is 5.36. The molecule has 1 aromatic carbocycles. The highest BCUT2D eigenvalue weighted by atomic mass is 35.5. The number of halogens is 1. The Bertz CT molecular complexity index is 460. The van der Waals surface area contributed by atoms with Crippen molar-refractivity contribution in [3.05, 3.63) is 47.5 Å². The molecule has 0 amide bonds. The smallest absolute Gasteiger partial charge is 0.115 e. The van der Waals surface area contributed by atoms with Gasteiger partial charge in [-0.15, -0.1) is 0 Å². The molecule has 78 valence electrons. The second-order valence-corrected chi connectivity index (χ2v) is 4.17. The van der Waals surface area contributed by atoms with E-state index in [2.05, 4.69) is 18.8 Å². The number of hydrogen-bond donors (Lipinski definition) is 0. The van der Waals surface area contributed by atoms with E-state index >= 15 is 0 Å². The highest BCUT2D eigenvalue weighted by Crippen LogP contribution is 2.23. The van der Waals surface area contributed by atoms with Crippen molar-refractivity contribution in [2.75, 3.05) is 0 Å². The van der Waals surface area contributed by atoms with Crippen molar-refractivity contribution in [1.29, 1.82) is 0 Å². The molecule has 1 heterocycles. The molecule has 3 heteroatoms. The molecule has 0 bridgehead atoms. The first-order chi connectivity index (χ1) is 7.20. The number of para-hydroxylation sites is 1. The van der Waals surface area contributed by atoms with Gasteiger partial charge in [0.25, 0.3) is 0 Å². The van der Waals surface area contributed by atoms with Gasteiger partial charge in [-0.1, -0.05) is 37.6 Å². The molecular weight excluding hydrogens is 208 g/mol. The predicted molar refractivity (Wildman–Crippen MR) is 62.7 cm³/mol. The molecule has 0 aliphatic carbocycles. The first kappa shape index (κ1) is 10.2. The topological polar surface area (TPSA) is 17.8 Å². The van der Waals surface area contributed by atoms with Crippen LogP contribution in [0.5, 0.6) is 0 Å². The van der Waals surface area contributed by atoms with Crippen LogP contribution < -0.4 is 0 Å². The number of hydrogen-bond acceptors (Lipinski definition) is 1. The maximum absolute atomic E-state index is 6.14. The fourth-order valence-electron chi connectivity index (χ4n) is 1.59. The highest BCUT2D eigenvalue weighted by molar-refractivity contribution is 6.32. The van der Waals surface area contributed by atoms with Crippen molar-refractivity contribution >= 4 is 11.6 Å². The molecule has 2 rings (SSSR count). The molecule has 0 saturated carbocycles. The van der Waals surface area contributed by atoms with Gasteiger partial charge in [-0.3, -0.25) is 0 Å². The van der Waals surface area contributed by atoms with Crippen LogP contribution >= 0.6 is 11.6 Å². The molecule has 2 nitrogen and oxygen atoms in total. The summed E-state index contributed by atoms with van der Waals surface area (Å²) in [6, 6.07) is 7.79. The number of rotatable bonds is 2. The van der Waals surface area contributed by atoms with Crippen molar-refractivity contribution in [1.82, 2.24) is 9.55 Å². The number of benzene rings is 1. The highest BCUT2D eigenvalue weighted by Gasteiger charge is 2.10. The van der Waals surface area contributed by atoms with Gasteiger partial charge in [0.1, 0.15) is 5.82 Å². The van der Waals surface area contributed by atoms with Crippen molar-refractivity contribution < 1.29 is 0 Å². The minimum atomic E-state index is 0.385. The van der Waals surface area contributed by atoms with E-state index in [0.717, 1.165) is 16.5 Å². The lowest BCUT2D eigenvalue weighted by Gasteiger charge is -2.11. The summed E-state index contributed by atoms with van der Waals surface area (Å²) >= 11 is 6.14. The van der Waals surface area contributed by atoms with Crippen LogP contribution in [0.4, 0.5) is 0 Å². The number of aromatic nitrogens is 2. The van der Waals surface area contributed by atoms with Crippen LogP contribution in [0.1, 0.15) is 25.6 Å². The minimum Gasteiger partial charge on any atom is -0.302 e. The first-order valence-electron chi connectivity index (χ1n) is 4.98. The zero-order chi connectivity index (χ0) is 10.8. The summed E-state index contributed by atoms with van der Waals surface area (Å²) in [5.74, 6) is 1.42. The summed E-state index contributed by atoms with van der Waals surface area (Å²) in [6.45, 7) is 4.24. The summed E-state index contributed by atoms with van der Waals surface area (Å²) in [6.07, 6.45) is 3.75. The Hall–Kier alpha value is -1.28. The fraction of sp³-hybridized carbons (Fsp3) is 0.250. The van der Waals surface area contributed by atoms with Crippen LogP contribution in [-0.4, -0.2) is 9.55 Å². The van der Waals surface area contributed by atoms with Crippen molar-refractivity contribution in [3.8, 4) is 5.69 Å². The quantitative estimate of drug-likeness (QED) is 0.756. The van der Waals surface area contributed by atoms with Gasteiger partial charge in [-0.05, 0) is 12.1 Å². The number of nitrogens with zero attached hydrogens (tertiary/aromatic N) is 2. The molecule has 0 atom stereocenters. The summed E-state index contributed by atoms with van der Waals surface area (Å²) in [5, 5.41) is 0.748. The SMILES string of the molecule is CC(C)c1nccn1-c1ccccc1Cl. The van der Waals surface area contributed by atoms with Gasteiger partial charge in [0.05, 0.1) is 10.7 Å². The van der Waals surface area contributed by atoms with Gasteiger partial charge in [0.2, 0.25) is 0 Å². The standard InChI is InChI=1S/C12H13ClN2/c1-9(2)12-14-7-8-15(12)11-6-4-3-5-10(11)13/h3-9H,1-2H3. The third-order valence-electron chi connectivity index (χ3n) is 2.30. The third kappa shape index (κ3) is 1.90. The molecule has 0 unspecified atom stereocenters. The van der Waals surface area contributed by atoms with Crippen LogP contribution in [0.3, 0.4) is 0 Å². The summed E-state index contributed by atoms with van der Waals surface area (Å²) in [5.41, 5.74) is 0.986. The normalized spacial score (nSPS) is 10.9. The molecule has 0 N–H and O–H groups in total. The van der Waals surface area contributed by atoms with E-state index < -0.39 is 0 Å². The molecular formula is C12H13ClN2. The predicted octanol–water partition coefficient (Wildman–Crippen LogP) is 3.65. The Morgan fingerprint density at radius 2 is 2.00 bits per heavy atom. The van der Waals surface area contributed by atoms with Crippen molar-refractivity contribution in [2.45, 2.75) is 19.8 Å². The van der Waals surface area contributed by atoms with E-state index in [4.69, 9.17) is 11.6 Å². The van der Waals surface area contributed by atoms with Gasteiger partial charge in [0, 0.05) is 18.3 Å². The lowest BCUT2D eigenvalue weighted by Crippen LogP contribution is -2.02. The van der Waals surface area contributed by atoms with E-state index in [0.29, 0.717) is 5.92 Å². The van der Waals surface area contributed by atoms with Gasteiger partial charge >= 0.3 is 0 Å². The molecule has 0 radical (unpaired) electrons. The van der Waals surface area contributed by atoms with Gasteiger partial charge in [-0.2, -0.15) is 0 Å². The van der Waals surface area contributed by atoms with Crippen molar-refractivity contribution in [2.24, 2.45) is 0 Å². The molecule has 0 spiro atoms. The maximum Gasteiger partial charge on any atom is 0.115 e. The molecule has 0 aliphatic heterocycles. The maximum atomic E-state index is 6.14. The van der Waals surface area contributed by atoms with Crippen LogP contribution in [0.15, 0.2) is 36.7 Å². The van der Waals surface area contributed by atoms with Crippen LogP contribution in [0.2, 0.25) is 5.02 Å². The van der Waals surface area contributed by atoms with Crippen LogP contribution in [0, 0.1) is 0 Å². The van der Waals surface area contributed by atoms with E-state index in [9.17, 15) is 0 Å². The Morgan fingerprint density at radius 1 is 1.27 bits per heavy atom. The Balaban J connectivity index is 2.55. The Morgan fingerprint density at radius 3 is 2.67 bits per heavy atom. The third-order valence-corrected chi connectivity index (χ3v) is 2.62. The van der Waals surface area contributed by atoms with Crippen LogP contribution in [0.25, 0.3) is 5.69 Å². The average Bonchev–Trinajstić information content (AvgIpc) is 2.67. The minimum absolute atomic E-state index is 0.385. The van der Waals surface area contributed by atoms with Gasteiger partial charge in [-0.25, -0.2) is 4.98 Å². The zero-order valence-electron chi connectivity index (χ0n) is 8.81. The van der Waals surface area contributed by atoms with E-state index in [1.165, 1.54) is 0 Å². The Labute approximate surface area is 94.5 Å². The van der Waals surface area contributed by atoms with Crippen LogP contribution in [-0.2, 0) is 0 Å². The summed E-state index contributed by atoms with van der Waals surface area (Å²) < 4.78 is 2.03. The van der Waals surface area contributed by atoms with E-state index in [-0.39, 0.29) is 0 Å². The molecule has 0 fully saturated rings. The second kappa shape index (κ2) is 4.07. The van der Waals surface area contributed by atoms with E-state index in [1.807, 2.05) is 35.0 Å². The lowest BCUT2D eigenvalue weighted by atomic mass is 10.2. The van der Waals surface area contributed by atoms with Crippen molar-refractivity contribution in [3.63, 3.8) is 0 Å². The summed E-state index contributed by atoms with van der Waals surface area (Å²) in [4.78, 5) is 4.34. The van der Waals surface area contributed by atoms with E-state index in [1.54, 1.807) is 6.20 Å². The molecule has 0 aliphatic rings. The monoisotopic (exact) mass is 220 g/mol. The van der Waals surface area contributed by atoms with Gasteiger partial charge < -0.3 is 4.57 Å². The number of imidazole rings is 1. The second-order valence-electron chi connectivity index (χ2n) is 3.76. The fourth-order valence-corrected chi connectivity index (χ4v) is 1.82.